The quantitative estimate of drug-likeness (QED) is 0.626. The van der Waals surface area contributed by atoms with Gasteiger partial charge < -0.3 is 10.2 Å². The predicted molar refractivity (Wildman–Crippen MR) is 31.8 cm³/mol. The molecule has 0 bridgehead atoms. The van der Waals surface area contributed by atoms with Gasteiger partial charge in [0.2, 0.25) is 0 Å². The molecule has 2 N–H and O–H groups in total. The molecular formula is C5H7F3O3. The molecule has 0 fully saturated rings. The molecule has 1 unspecified atom stereocenters. The van der Waals surface area contributed by atoms with Gasteiger partial charge in [0, 0.05) is 0 Å². The third-order valence-electron chi connectivity index (χ3n) is 0.466. The molecule has 0 aliphatic heterocycles. The molecule has 0 saturated heterocycles. The normalized spacial score (nSPS) is 11.3. The Hall–Kier alpha value is -1.20. The summed E-state index contributed by atoms with van der Waals surface area (Å²) in [5, 5.41) is 13.9. The fourth-order valence-corrected chi connectivity index (χ4v) is 0.103. The Morgan fingerprint density at radius 1 is 1.36 bits per heavy atom. The highest BCUT2D eigenvalue weighted by Gasteiger charge is 2.13. The molecule has 0 spiro atoms. The number of hydrogen-bond acceptors (Lipinski definition) is 1. The van der Waals surface area contributed by atoms with Gasteiger partial charge in [-0.3, -0.25) is 0 Å². The van der Waals surface area contributed by atoms with Crippen LogP contribution in [0.15, 0.2) is 12.7 Å². The topological polar surface area (TPSA) is 57.5 Å². The fourth-order valence-electron chi connectivity index (χ4n) is 0.103. The van der Waals surface area contributed by atoms with Crippen LogP contribution in [0.2, 0.25) is 0 Å². The van der Waals surface area contributed by atoms with Gasteiger partial charge in [0.25, 0.3) is 6.43 Å². The van der Waals surface area contributed by atoms with Gasteiger partial charge in [-0.1, -0.05) is 6.08 Å². The van der Waals surface area contributed by atoms with Crippen LogP contribution in [0.3, 0.4) is 0 Å². The van der Waals surface area contributed by atoms with Crippen molar-refractivity contribution in [3.63, 3.8) is 0 Å². The van der Waals surface area contributed by atoms with Crippen LogP contribution in [0.5, 0.6) is 0 Å². The van der Waals surface area contributed by atoms with Crippen molar-refractivity contribution in [3.8, 4) is 0 Å². The Kier molecular flexibility index (Phi) is 7.84. The zero-order chi connectivity index (χ0) is 9.44. The third kappa shape index (κ3) is 17.7. The van der Waals surface area contributed by atoms with Crippen molar-refractivity contribution in [1.29, 1.82) is 0 Å². The Bertz CT molecular complexity index is 122. The highest BCUT2D eigenvalue weighted by Crippen LogP contribution is 2.04. The summed E-state index contributed by atoms with van der Waals surface area (Å²) in [7, 11) is 0. The van der Waals surface area contributed by atoms with Gasteiger partial charge in [-0.05, 0) is 0 Å². The van der Waals surface area contributed by atoms with Gasteiger partial charge in [0.15, 0.2) is 6.17 Å². The summed E-state index contributed by atoms with van der Waals surface area (Å²) in [6.45, 7) is 2.83. The van der Waals surface area contributed by atoms with E-state index >= 15 is 0 Å². The van der Waals surface area contributed by atoms with E-state index in [1.807, 2.05) is 0 Å². The second-order valence-corrected chi connectivity index (χ2v) is 1.30. The van der Waals surface area contributed by atoms with Crippen molar-refractivity contribution in [2.75, 3.05) is 0 Å². The van der Waals surface area contributed by atoms with E-state index in [9.17, 15) is 13.2 Å². The highest BCUT2D eigenvalue weighted by atomic mass is 19.3. The first-order valence-electron chi connectivity index (χ1n) is 2.38. The lowest BCUT2D eigenvalue weighted by atomic mass is 10.4. The molecule has 0 aromatic carbocycles. The molecule has 0 aliphatic rings. The molecule has 0 radical (unpaired) electrons. The van der Waals surface area contributed by atoms with Crippen molar-refractivity contribution in [2.24, 2.45) is 0 Å². The largest absolute Gasteiger partial charge is 0.503 e. The van der Waals surface area contributed by atoms with Gasteiger partial charge >= 0.3 is 6.16 Å². The van der Waals surface area contributed by atoms with E-state index in [-0.39, 0.29) is 0 Å². The molecule has 66 valence electrons. The third-order valence-corrected chi connectivity index (χ3v) is 0.466. The van der Waals surface area contributed by atoms with Crippen LogP contribution in [0, 0.1) is 0 Å². The molecule has 11 heavy (non-hydrogen) atoms. The predicted octanol–water partition coefficient (Wildman–Crippen LogP) is 2.00. The van der Waals surface area contributed by atoms with Crippen LogP contribution in [0.25, 0.3) is 0 Å². The van der Waals surface area contributed by atoms with E-state index in [1.165, 1.54) is 0 Å². The summed E-state index contributed by atoms with van der Waals surface area (Å²) in [4.78, 5) is 8.56. The van der Waals surface area contributed by atoms with Gasteiger partial charge in [0.1, 0.15) is 0 Å². The summed E-state index contributed by atoms with van der Waals surface area (Å²) in [5.41, 5.74) is 0. The second kappa shape index (κ2) is 6.91. The zero-order valence-electron chi connectivity index (χ0n) is 5.38. The molecule has 0 amide bonds. The maximum absolute atomic E-state index is 11.4. The Morgan fingerprint density at radius 3 is 1.64 bits per heavy atom. The maximum Gasteiger partial charge on any atom is 0.503 e. The minimum atomic E-state index is -2.92. The smallest absolute Gasteiger partial charge is 0.450 e. The van der Waals surface area contributed by atoms with Gasteiger partial charge in [-0.2, -0.15) is 0 Å². The number of alkyl halides is 3. The van der Waals surface area contributed by atoms with Crippen LogP contribution in [0.4, 0.5) is 18.0 Å². The van der Waals surface area contributed by atoms with E-state index in [0.29, 0.717) is 6.08 Å². The number of halogens is 3. The summed E-state index contributed by atoms with van der Waals surface area (Å²) in [5.74, 6) is 0. The zero-order valence-corrected chi connectivity index (χ0v) is 5.38. The molecule has 0 saturated carbocycles. The van der Waals surface area contributed by atoms with Crippen molar-refractivity contribution in [1.82, 2.24) is 0 Å². The highest BCUT2D eigenvalue weighted by molar-refractivity contribution is 5.53. The fraction of sp³-hybridized carbons (Fsp3) is 0.400. The van der Waals surface area contributed by atoms with Crippen LogP contribution in [-0.2, 0) is 0 Å². The average molecular weight is 172 g/mol. The molecule has 0 aromatic heterocycles. The number of rotatable bonds is 2. The molecule has 0 aromatic rings. The average Bonchev–Trinajstić information content (AvgIpc) is 1.85. The lowest BCUT2D eigenvalue weighted by Gasteiger charge is -1.95. The molecule has 0 aliphatic carbocycles. The Labute approximate surface area is 60.8 Å². The van der Waals surface area contributed by atoms with E-state index < -0.39 is 18.8 Å². The van der Waals surface area contributed by atoms with Crippen LogP contribution >= 0.6 is 0 Å². The van der Waals surface area contributed by atoms with Crippen molar-refractivity contribution in [3.05, 3.63) is 12.7 Å². The lowest BCUT2D eigenvalue weighted by molar-refractivity contribution is 0.0752. The first-order valence-corrected chi connectivity index (χ1v) is 2.38. The van der Waals surface area contributed by atoms with Crippen LogP contribution in [-0.4, -0.2) is 29.0 Å². The first-order chi connectivity index (χ1) is 4.91. The Balaban J connectivity index is 0. The molecule has 0 heterocycles. The molecule has 3 nitrogen and oxygen atoms in total. The van der Waals surface area contributed by atoms with E-state index in [4.69, 9.17) is 15.0 Å². The van der Waals surface area contributed by atoms with E-state index in [1.54, 1.807) is 0 Å². The summed E-state index contributed by atoms with van der Waals surface area (Å²) in [6.07, 6.45) is -6.34. The summed E-state index contributed by atoms with van der Waals surface area (Å²) >= 11 is 0. The number of allylic oxidation sites excluding steroid dienone is 1. The molecular weight excluding hydrogens is 165 g/mol. The van der Waals surface area contributed by atoms with Gasteiger partial charge in [-0.15, -0.1) is 6.58 Å². The number of hydrogen-bond donors (Lipinski definition) is 2. The second-order valence-electron chi connectivity index (χ2n) is 1.30. The minimum Gasteiger partial charge on any atom is -0.450 e. The van der Waals surface area contributed by atoms with Crippen molar-refractivity contribution < 1.29 is 28.2 Å². The first kappa shape index (κ1) is 12.5. The monoisotopic (exact) mass is 172 g/mol. The van der Waals surface area contributed by atoms with Gasteiger partial charge in [0.05, 0.1) is 0 Å². The van der Waals surface area contributed by atoms with Crippen LogP contribution < -0.4 is 0 Å². The minimum absolute atomic E-state index is 0.574. The summed E-state index contributed by atoms with van der Waals surface area (Å²) < 4.78 is 33.4. The SMILES string of the molecule is C=CC(F)C(F)F.O=C(O)O. The number of carboxylic acid groups (broad SMARTS) is 2. The molecule has 0 rings (SSSR count). The summed E-state index contributed by atoms with van der Waals surface area (Å²) in [6, 6.07) is 0. The van der Waals surface area contributed by atoms with E-state index in [2.05, 4.69) is 6.58 Å². The number of carbonyl (C=O) groups is 1. The molecule has 6 heteroatoms. The maximum atomic E-state index is 11.4. The Morgan fingerprint density at radius 2 is 1.64 bits per heavy atom. The van der Waals surface area contributed by atoms with Crippen molar-refractivity contribution >= 4 is 6.16 Å². The lowest BCUT2D eigenvalue weighted by Crippen LogP contribution is -2.06. The van der Waals surface area contributed by atoms with Crippen molar-refractivity contribution in [2.45, 2.75) is 12.6 Å². The molecule has 1 atom stereocenters. The van der Waals surface area contributed by atoms with E-state index in [0.717, 1.165) is 0 Å². The van der Waals surface area contributed by atoms with Gasteiger partial charge in [-0.25, -0.2) is 18.0 Å². The van der Waals surface area contributed by atoms with Crippen LogP contribution in [0.1, 0.15) is 0 Å². The standard InChI is InChI=1S/C4H5F3.CH2O3/c1-2-3(5)4(6)7;2-1(3)4/h2-4H,1H2;(H2,2,3,4).